The molecule has 3 aromatic rings. The first-order chi connectivity index (χ1) is 18.5. The van der Waals surface area contributed by atoms with Gasteiger partial charge in [0.05, 0.1) is 26.8 Å². The third-order valence-corrected chi connectivity index (χ3v) is 7.90. The van der Waals surface area contributed by atoms with Gasteiger partial charge in [-0.2, -0.15) is 12.7 Å². The van der Waals surface area contributed by atoms with Crippen molar-refractivity contribution < 1.29 is 32.2 Å². The van der Waals surface area contributed by atoms with E-state index >= 15 is 0 Å². The highest BCUT2D eigenvalue weighted by atomic mass is 32.2. The minimum Gasteiger partial charge on any atom is -0.493 e. The fourth-order valence-electron chi connectivity index (χ4n) is 4.05. The van der Waals surface area contributed by atoms with Gasteiger partial charge in [0, 0.05) is 49.9 Å². The lowest BCUT2D eigenvalue weighted by molar-refractivity contribution is -0.127. The Balaban J connectivity index is 2.18. The van der Waals surface area contributed by atoms with Crippen molar-refractivity contribution >= 4 is 39.0 Å². The Hall–Kier alpha value is -4.03. The SMILES string of the molecule is CCN(CC)C(=O)C(=Cc1cn(S(=O)(=O)N(C)C)c2ccccc12)NC(=O)c1cc(OC)c(OC)c(OC)c1. The van der Waals surface area contributed by atoms with Crippen molar-refractivity contribution in [3.8, 4) is 17.2 Å². The minimum atomic E-state index is -3.85. The van der Waals surface area contributed by atoms with Crippen molar-refractivity contribution in [2.45, 2.75) is 13.8 Å². The number of likely N-dealkylation sites (N-methyl/N-ethyl adjacent to an activating group) is 1. The molecule has 39 heavy (non-hydrogen) atoms. The molecule has 3 rings (SSSR count). The van der Waals surface area contributed by atoms with Crippen LogP contribution >= 0.6 is 0 Å². The van der Waals surface area contributed by atoms with Gasteiger partial charge in [-0.25, -0.2) is 3.97 Å². The van der Waals surface area contributed by atoms with Crippen LogP contribution in [0.3, 0.4) is 0 Å². The Bertz CT molecular complexity index is 1480. The van der Waals surface area contributed by atoms with E-state index < -0.39 is 22.0 Å². The molecule has 0 unspecified atom stereocenters. The Morgan fingerprint density at radius 1 is 0.974 bits per heavy atom. The lowest BCUT2D eigenvalue weighted by Crippen LogP contribution is -2.38. The molecule has 0 radical (unpaired) electrons. The standard InChI is InChI=1S/C27H34N4O7S/c1-8-30(9-2)27(33)21(28-26(32)18-15-23(36-5)25(38-7)24(16-18)37-6)14-19-17-31(39(34,35)29(3)4)22-13-11-10-12-20(19)22/h10-17H,8-9H2,1-7H3,(H,28,32). The van der Waals surface area contributed by atoms with Crippen molar-refractivity contribution in [3.05, 3.63) is 59.4 Å². The molecule has 12 heteroatoms. The van der Waals surface area contributed by atoms with E-state index in [1.165, 1.54) is 59.8 Å². The summed E-state index contributed by atoms with van der Waals surface area (Å²) in [6, 6.07) is 9.88. The van der Waals surface area contributed by atoms with Crippen LogP contribution in [-0.2, 0) is 15.0 Å². The van der Waals surface area contributed by atoms with Gasteiger partial charge in [0.2, 0.25) is 5.75 Å². The fourth-order valence-corrected chi connectivity index (χ4v) is 5.06. The molecular formula is C27H34N4O7S. The van der Waals surface area contributed by atoms with Gasteiger partial charge >= 0.3 is 10.2 Å². The highest BCUT2D eigenvalue weighted by molar-refractivity contribution is 7.87. The monoisotopic (exact) mass is 558 g/mol. The summed E-state index contributed by atoms with van der Waals surface area (Å²) in [5.74, 6) is -0.140. The molecule has 0 bridgehead atoms. The fraction of sp³-hybridized carbons (Fsp3) is 0.333. The van der Waals surface area contributed by atoms with Crippen LogP contribution in [0.5, 0.6) is 17.2 Å². The van der Waals surface area contributed by atoms with Crippen LogP contribution in [0, 0.1) is 0 Å². The van der Waals surface area contributed by atoms with Crippen molar-refractivity contribution in [1.82, 2.24) is 18.5 Å². The molecule has 1 aromatic heterocycles. The molecule has 0 aliphatic heterocycles. The summed E-state index contributed by atoms with van der Waals surface area (Å²) in [7, 11) is 3.35. The second-order valence-electron chi connectivity index (χ2n) is 8.59. The van der Waals surface area contributed by atoms with Gasteiger partial charge in [-0.1, -0.05) is 18.2 Å². The van der Waals surface area contributed by atoms with E-state index in [9.17, 15) is 18.0 Å². The van der Waals surface area contributed by atoms with Crippen LogP contribution < -0.4 is 19.5 Å². The van der Waals surface area contributed by atoms with Gasteiger partial charge in [-0.15, -0.1) is 0 Å². The first-order valence-electron chi connectivity index (χ1n) is 12.2. The molecule has 0 atom stereocenters. The lowest BCUT2D eigenvalue weighted by Gasteiger charge is -2.21. The topological polar surface area (TPSA) is 119 Å². The Labute approximate surface area is 228 Å². The molecule has 0 fully saturated rings. The quantitative estimate of drug-likeness (QED) is 0.360. The van der Waals surface area contributed by atoms with Gasteiger partial charge < -0.3 is 24.4 Å². The van der Waals surface area contributed by atoms with Gasteiger partial charge in [-0.05, 0) is 38.1 Å². The maximum Gasteiger partial charge on any atom is 0.307 e. The van der Waals surface area contributed by atoms with E-state index in [0.717, 1.165) is 8.28 Å². The van der Waals surface area contributed by atoms with Crippen LogP contribution in [-0.4, -0.2) is 81.9 Å². The summed E-state index contributed by atoms with van der Waals surface area (Å²) >= 11 is 0. The molecule has 0 aliphatic rings. The van der Waals surface area contributed by atoms with Crippen molar-refractivity contribution in [2.24, 2.45) is 0 Å². The molecule has 210 valence electrons. The van der Waals surface area contributed by atoms with Crippen LogP contribution in [0.4, 0.5) is 0 Å². The molecule has 11 nitrogen and oxygen atoms in total. The van der Waals surface area contributed by atoms with E-state index in [2.05, 4.69) is 5.32 Å². The second kappa shape index (κ2) is 12.2. The van der Waals surface area contributed by atoms with Gasteiger partial charge in [0.15, 0.2) is 11.5 Å². The molecule has 0 saturated carbocycles. The number of benzene rings is 2. The Morgan fingerprint density at radius 2 is 1.56 bits per heavy atom. The molecule has 2 amide bonds. The molecule has 0 saturated heterocycles. The number of amides is 2. The van der Waals surface area contributed by atoms with E-state index in [1.54, 1.807) is 29.2 Å². The first kappa shape index (κ1) is 29.5. The molecule has 1 N–H and O–H groups in total. The van der Waals surface area contributed by atoms with E-state index in [-0.39, 0.29) is 22.8 Å². The number of hydrogen-bond acceptors (Lipinski definition) is 7. The molecule has 2 aromatic carbocycles. The van der Waals surface area contributed by atoms with Crippen molar-refractivity contribution in [1.29, 1.82) is 0 Å². The van der Waals surface area contributed by atoms with Crippen LogP contribution in [0.2, 0.25) is 0 Å². The minimum absolute atomic E-state index is 0.0254. The molecule has 1 heterocycles. The summed E-state index contributed by atoms with van der Waals surface area (Å²) < 4.78 is 44.3. The molecule has 0 spiro atoms. The second-order valence-corrected chi connectivity index (χ2v) is 10.6. The number of hydrogen-bond donors (Lipinski definition) is 1. The van der Waals surface area contributed by atoms with Crippen LogP contribution in [0.1, 0.15) is 29.8 Å². The zero-order valence-electron chi connectivity index (χ0n) is 23.1. The predicted molar refractivity (Wildman–Crippen MR) is 149 cm³/mol. The number of aromatic nitrogens is 1. The normalized spacial score (nSPS) is 11.9. The number of nitrogens with zero attached hydrogens (tertiary/aromatic N) is 3. The zero-order chi connectivity index (χ0) is 28.9. The summed E-state index contributed by atoms with van der Waals surface area (Å²) in [4.78, 5) is 28.5. The maximum absolute atomic E-state index is 13.5. The smallest absolute Gasteiger partial charge is 0.307 e. The number of ether oxygens (including phenoxy) is 3. The summed E-state index contributed by atoms with van der Waals surface area (Å²) in [5, 5.41) is 3.31. The summed E-state index contributed by atoms with van der Waals surface area (Å²) in [6.07, 6.45) is 2.92. The largest absolute Gasteiger partial charge is 0.493 e. The van der Waals surface area contributed by atoms with E-state index in [4.69, 9.17) is 14.2 Å². The number of carbonyl (C=O) groups excluding carboxylic acids is 2. The average Bonchev–Trinajstić information content (AvgIpc) is 3.31. The number of methoxy groups -OCH3 is 3. The van der Waals surface area contributed by atoms with Gasteiger partial charge in [0.25, 0.3) is 11.8 Å². The van der Waals surface area contributed by atoms with Crippen LogP contribution in [0.25, 0.3) is 17.0 Å². The number of nitrogens with one attached hydrogen (secondary N) is 1. The third-order valence-electron chi connectivity index (χ3n) is 6.17. The zero-order valence-corrected chi connectivity index (χ0v) is 24.0. The number of carbonyl (C=O) groups is 2. The third kappa shape index (κ3) is 5.86. The summed E-state index contributed by atoms with van der Waals surface area (Å²) in [6.45, 7) is 4.47. The number of rotatable bonds is 11. The number of fused-ring (bicyclic) bond motifs is 1. The molecule has 0 aliphatic carbocycles. The van der Waals surface area contributed by atoms with Gasteiger partial charge in [-0.3, -0.25) is 9.59 Å². The van der Waals surface area contributed by atoms with E-state index in [0.29, 0.717) is 35.3 Å². The first-order valence-corrected chi connectivity index (χ1v) is 13.6. The predicted octanol–water partition coefficient (Wildman–Crippen LogP) is 2.96. The van der Waals surface area contributed by atoms with Gasteiger partial charge in [0.1, 0.15) is 5.70 Å². The van der Waals surface area contributed by atoms with Crippen LogP contribution in [0.15, 0.2) is 48.3 Å². The Morgan fingerprint density at radius 3 is 2.08 bits per heavy atom. The number of para-hydroxylation sites is 1. The van der Waals surface area contributed by atoms with Crippen molar-refractivity contribution in [2.75, 3.05) is 48.5 Å². The maximum atomic E-state index is 13.5. The Kier molecular flexibility index (Phi) is 9.25. The van der Waals surface area contributed by atoms with Crippen molar-refractivity contribution in [3.63, 3.8) is 0 Å². The summed E-state index contributed by atoms with van der Waals surface area (Å²) in [5.41, 5.74) is 1.02. The average molecular weight is 559 g/mol. The lowest BCUT2D eigenvalue weighted by atomic mass is 10.1. The van der Waals surface area contributed by atoms with E-state index in [1.807, 2.05) is 13.8 Å². The highest BCUT2D eigenvalue weighted by Crippen LogP contribution is 2.38. The molecular weight excluding hydrogens is 524 g/mol. The highest BCUT2D eigenvalue weighted by Gasteiger charge is 2.24.